The third-order valence-corrected chi connectivity index (χ3v) is 3.80. The minimum atomic E-state index is -0.493. The SMILES string of the molecule is CN(CCNC(=O)OC(C)(C)C)[C@H]1CCCN(C(=O)OC(C)(C)C)C1. The van der Waals surface area contributed by atoms with E-state index < -0.39 is 17.3 Å². The molecule has 1 fully saturated rings. The summed E-state index contributed by atoms with van der Waals surface area (Å²) in [5.41, 5.74) is -0.972. The van der Waals surface area contributed by atoms with E-state index in [0.717, 1.165) is 19.4 Å². The van der Waals surface area contributed by atoms with Gasteiger partial charge >= 0.3 is 12.2 Å². The van der Waals surface area contributed by atoms with E-state index in [1.165, 1.54) is 0 Å². The molecular weight excluding hydrogens is 322 g/mol. The molecule has 0 unspecified atom stereocenters. The van der Waals surface area contributed by atoms with Gasteiger partial charge in [0.05, 0.1) is 0 Å². The molecule has 0 aromatic carbocycles. The summed E-state index contributed by atoms with van der Waals surface area (Å²) >= 11 is 0. The van der Waals surface area contributed by atoms with Crippen LogP contribution in [0.25, 0.3) is 0 Å². The van der Waals surface area contributed by atoms with Crippen LogP contribution in [0.3, 0.4) is 0 Å². The van der Waals surface area contributed by atoms with Crippen LogP contribution in [0.4, 0.5) is 9.59 Å². The van der Waals surface area contributed by atoms with Crippen molar-refractivity contribution in [3.05, 3.63) is 0 Å². The second-order valence-electron chi connectivity index (χ2n) is 8.63. The molecular formula is C18H35N3O4. The standard InChI is InChI=1S/C18H35N3O4/c1-17(2,3)24-15(22)19-10-12-20(7)14-9-8-11-21(13-14)16(23)25-18(4,5)6/h14H,8-13H2,1-7H3,(H,19,22)/t14-/m0/s1. The monoisotopic (exact) mass is 357 g/mol. The molecule has 0 aromatic heterocycles. The number of nitrogens with zero attached hydrogens (tertiary/aromatic N) is 2. The van der Waals surface area contributed by atoms with Crippen molar-refractivity contribution in [2.45, 2.75) is 71.6 Å². The molecule has 146 valence electrons. The molecule has 1 N–H and O–H groups in total. The first-order valence-corrected chi connectivity index (χ1v) is 9.02. The maximum absolute atomic E-state index is 12.2. The number of carbonyl (C=O) groups is 2. The van der Waals surface area contributed by atoms with Gasteiger partial charge in [-0.2, -0.15) is 0 Å². The molecule has 1 rings (SSSR count). The molecule has 1 atom stereocenters. The zero-order valence-corrected chi connectivity index (χ0v) is 16.8. The van der Waals surface area contributed by atoms with E-state index in [2.05, 4.69) is 10.2 Å². The molecule has 0 spiro atoms. The van der Waals surface area contributed by atoms with Crippen molar-refractivity contribution in [2.24, 2.45) is 0 Å². The Bertz CT molecular complexity index is 454. The van der Waals surface area contributed by atoms with Crippen LogP contribution in [-0.4, -0.2) is 72.5 Å². The number of rotatable bonds is 4. The summed E-state index contributed by atoms with van der Waals surface area (Å²) in [5.74, 6) is 0. The van der Waals surface area contributed by atoms with E-state index >= 15 is 0 Å². The highest BCUT2D eigenvalue weighted by molar-refractivity contribution is 5.68. The molecule has 0 saturated carbocycles. The Balaban J connectivity index is 2.39. The van der Waals surface area contributed by atoms with Gasteiger partial charge in [0.15, 0.2) is 0 Å². The van der Waals surface area contributed by atoms with Crippen molar-refractivity contribution >= 4 is 12.2 Å². The van der Waals surface area contributed by atoms with Crippen molar-refractivity contribution in [2.75, 3.05) is 33.2 Å². The van der Waals surface area contributed by atoms with Crippen LogP contribution in [0.15, 0.2) is 0 Å². The van der Waals surface area contributed by atoms with Crippen molar-refractivity contribution in [3.63, 3.8) is 0 Å². The van der Waals surface area contributed by atoms with Crippen LogP contribution in [0.1, 0.15) is 54.4 Å². The molecule has 1 aliphatic rings. The number of hydrogen-bond acceptors (Lipinski definition) is 5. The van der Waals surface area contributed by atoms with Gasteiger partial charge in [-0.05, 0) is 61.4 Å². The first kappa shape index (κ1) is 21.5. The van der Waals surface area contributed by atoms with E-state index in [9.17, 15) is 9.59 Å². The fourth-order valence-electron chi connectivity index (χ4n) is 2.64. The smallest absolute Gasteiger partial charge is 0.410 e. The summed E-state index contributed by atoms with van der Waals surface area (Å²) < 4.78 is 10.7. The summed E-state index contributed by atoms with van der Waals surface area (Å²) in [6, 6.07) is 0.265. The fourth-order valence-corrected chi connectivity index (χ4v) is 2.64. The predicted octanol–water partition coefficient (Wildman–Crippen LogP) is 2.84. The van der Waals surface area contributed by atoms with Gasteiger partial charge in [0, 0.05) is 32.2 Å². The number of hydrogen-bond donors (Lipinski definition) is 1. The van der Waals surface area contributed by atoms with Gasteiger partial charge in [0.2, 0.25) is 0 Å². The summed E-state index contributed by atoms with van der Waals surface area (Å²) in [5, 5.41) is 2.77. The highest BCUT2D eigenvalue weighted by Crippen LogP contribution is 2.18. The number of amides is 2. The lowest BCUT2D eigenvalue weighted by Gasteiger charge is -2.38. The van der Waals surface area contributed by atoms with Crippen LogP contribution >= 0.6 is 0 Å². The Morgan fingerprint density at radius 1 is 1.12 bits per heavy atom. The van der Waals surface area contributed by atoms with Crippen LogP contribution in [0.5, 0.6) is 0 Å². The van der Waals surface area contributed by atoms with Crippen molar-refractivity contribution in [1.82, 2.24) is 15.1 Å². The number of ether oxygens (including phenoxy) is 2. The molecule has 7 heteroatoms. The van der Waals surface area contributed by atoms with E-state index in [4.69, 9.17) is 9.47 Å². The topological polar surface area (TPSA) is 71.1 Å². The van der Waals surface area contributed by atoms with Crippen LogP contribution in [0.2, 0.25) is 0 Å². The lowest BCUT2D eigenvalue weighted by molar-refractivity contribution is 0.0126. The average Bonchev–Trinajstić information content (AvgIpc) is 2.43. The van der Waals surface area contributed by atoms with Gasteiger partial charge < -0.3 is 19.7 Å². The molecule has 1 saturated heterocycles. The minimum Gasteiger partial charge on any atom is -0.444 e. The van der Waals surface area contributed by atoms with Crippen molar-refractivity contribution in [3.8, 4) is 0 Å². The number of alkyl carbamates (subject to hydrolysis) is 1. The molecule has 1 heterocycles. The van der Waals surface area contributed by atoms with E-state index in [-0.39, 0.29) is 12.1 Å². The minimum absolute atomic E-state index is 0.252. The second kappa shape index (κ2) is 8.74. The van der Waals surface area contributed by atoms with E-state index in [1.54, 1.807) is 4.90 Å². The third kappa shape index (κ3) is 8.95. The number of nitrogens with one attached hydrogen (secondary N) is 1. The normalized spacial score (nSPS) is 18.9. The maximum Gasteiger partial charge on any atom is 0.410 e. The molecule has 0 bridgehead atoms. The van der Waals surface area contributed by atoms with Gasteiger partial charge in [0.1, 0.15) is 11.2 Å². The number of likely N-dealkylation sites (tertiary alicyclic amines) is 1. The first-order chi connectivity index (χ1) is 11.4. The number of piperidine rings is 1. The molecule has 0 aromatic rings. The molecule has 2 amide bonds. The number of likely N-dealkylation sites (N-methyl/N-ethyl adjacent to an activating group) is 1. The Morgan fingerprint density at radius 3 is 2.28 bits per heavy atom. The summed E-state index contributed by atoms with van der Waals surface area (Å²) in [6.45, 7) is 13.7. The zero-order chi connectivity index (χ0) is 19.3. The lowest BCUT2D eigenvalue weighted by atomic mass is 10.0. The van der Waals surface area contributed by atoms with Crippen molar-refractivity contribution in [1.29, 1.82) is 0 Å². The van der Waals surface area contributed by atoms with Gasteiger partial charge in [-0.3, -0.25) is 4.90 Å². The summed E-state index contributed by atoms with van der Waals surface area (Å²) in [7, 11) is 2.01. The highest BCUT2D eigenvalue weighted by atomic mass is 16.6. The summed E-state index contributed by atoms with van der Waals surface area (Å²) in [4.78, 5) is 27.8. The summed E-state index contributed by atoms with van der Waals surface area (Å²) in [6.07, 6.45) is 1.33. The molecule has 0 aliphatic carbocycles. The Hall–Kier alpha value is -1.50. The Morgan fingerprint density at radius 2 is 1.72 bits per heavy atom. The second-order valence-corrected chi connectivity index (χ2v) is 8.63. The zero-order valence-electron chi connectivity index (χ0n) is 16.8. The van der Waals surface area contributed by atoms with Gasteiger partial charge in [-0.25, -0.2) is 9.59 Å². The fraction of sp³-hybridized carbons (Fsp3) is 0.889. The molecule has 1 aliphatic heterocycles. The van der Waals surface area contributed by atoms with Crippen LogP contribution in [0, 0.1) is 0 Å². The van der Waals surface area contributed by atoms with Gasteiger partial charge in [0.25, 0.3) is 0 Å². The predicted molar refractivity (Wildman–Crippen MR) is 97.7 cm³/mol. The lowest BCUT2D eigenvalue weighted by Crippen LogP contribution is -2.51. The van der Waals surface area contributed by atoms with Crippen LogP contribution < -0.4 is 5.32 Å². The molecule has 0 radical (unpaired) electrons. The third-order valence-electron chi connectivity index (χ3n) is 3.80. The Labute approximate surface area is 152 Å². The number of carbonyl (C=O) groups excluding carboxylic acids is 2. The van der Waals surface area contributed by atoms with Gasteiger partial charge in [-0.15, -0.1) is 0 Å². The largest absolute Gasteiger partial charge is 0.444 e. The molecule has 7 nitrogen and oxygen atoms in total. The van der Waals surface area contributed by atoms with E-state index in [0.29, 0.717) is 19.6 Å². The Kier molecular flexibility index (Phi) is 7.53. The van der Waals surface area contributed by atoms with Gasteiger partial charge in [-0.1, -0.05) is 0 Å². The quantitative estimate of drug-likeness (QED) is 0.838. The average molecular weight is 357 g/mol. The van der Waals surface area contributed by atoms with Crippen LogP contribution in [-0.2, 0) is 9.47 Å². The first-order valence-electron chi connectivity index (χ1n) is 9.02. The maximum atomic E-state index is 12.2. The van der Waals surface area contributed by atoms with Crippen molar-refractivity contribution < 1.29 is 19.1 Å². The van der Waals surface area contributed by atoms with E-state index in [1.807, 2.05) is 48.6 Å². The molecule has 25 heavy (non-hydrogen) atoms. The highest BCUT2D eigenvalue weighted by Gasteiger charge is 2.29.